The molecule has 0 radical (unpaired) electrons. The maximum absolute atomic E-state index is 5.10. The van der Waals surface area contributed by atoms with Crippen LogP contribution in [-0.2, 0) is 11.8 Å². The van der Waals surface area contributed by atoms with Crippen molar-refractivity contribution >= 4 is 11.4 Å². The van der Waals surface area contributed by atoms with Gasteiger partial charge in [-0.05, 0) is 167 Å². The van der Waals surface area contributed by atoms with Crippen LogP contribution < -0.4 is 9.80 Å². The Kier molecular flexibility index (Phi) is 147. The summed E-state index contributed by atoms with van der Waals surface area (Å²) in [4.78, 5) is 39.3. The number of para-hydroxylation sites is 2. The maximum Gasteiger partial charge on any atom is 0.105 e. The molecule has 0 spiro atoms. The SMILES string of the molecule is C.CC.CC.CC.CC.CC.CC.CC.CC.CC.CC.CC.CC.CN(C)C.CN(C)c1ccccc1.CN(C)c1ccccc1.CN1CCCCC1.CN1CCN(C)CC1.CN1CCOCC1.Cc1nccn1C.c1ccc(-c2ccccn2)nc1.c1ccncc1.c1ccncc1.c1ccncc1. The van der Waals surface area contributed by atoms with Crippen LogP contribution in [0.15, 0.2) is 214 Å². The van der Waals surface area contributed by atoms with Gasteiger partial charge in [-0.2, -0.15) is 0 Å². The van der Waals surface area contributed by atoms with Gasteiger partial charge in [-0.15, -0.1) is 0 Å². The Morgan fingerprint density at radius 3 is 0.660 bits per heavy atom. The van der Waals surface area contributed by atoms with Crippen molar-refractivity contribution in [2.75, 3.05) is 153 Å². The van der Waals surface area contributed by atoms with E-state index < -0.39 is 0 Å². The van der Waals surface area contributed by atoms with Gasteiger partial charge in [0.1, 0.15) is 5.82 Å². The van der Waals surface area contributed by atoms with E-state index in [0.717, 1.165) is 43.5 Å². The topological polar surface area (TPSA) is 114 Å². The van der Waals surface area contributed by atoms with Crippen LogP contribution in [0.1, 0.15) is 199 Å². The molecule has 3 fully saturated rings. The summed E-state index contributed by atoms with van der Waals surface area (Å²) in [5, 5.41) is 0. The molecule has 11 rings (SSSR count). The van der Waals surface area contributed by atoms with Crippen LogP contribution in [0.3, 0.4) is 0 Å². The fraction of sp³-hybridized carbons (Fsp3) is 0.560. The number of aromatic nitrogens is 7. The molecule has 0 saturated carbocycles. The van der Waals surface area contributed by atoms with E-state index in [0.29, 0.717) is 0 Å². The average Bonchev–Trinajstić information content (AvgIpc) is 1.07. The Morgan fingerprint density at radius 1 is 0.283 bits per heavy atom. The molecule has 15 heteroatoms. The van der Waals surface area contributed by atoms with Crippen molar-refractivity contribution < 1.29 is 4.74 Å². The van der Waals surface area contributed by atoms with Crippen LogP contribution in [0.5, 0.6) is 0 Å². The molecule has 9 heterocycles. The number of morpholine rings is 1. The van der Waals surface area contributed by atoms with Crippen molar-refractivity contribution in [2.45, 2.75) is 200 Å². The first-order valence-corrected chi connectivity index (χ1v) is 39.9. The fourth-order valence-corrected chi connectivity index (χ4v) is 6.47. The molecule has 15 nitrogen and oxygen atoms in total. The zero-order chi connectivity index (χ0) is 83.4. The number of rotatable bonds is 3. The van der Waals surface area contributed by atoms with Gasteiger partial charge in [0.05, 0.1) is 24.6 Å². The number of hydrogen-bond acceptors (Lipinski definition) is 14. The Labute approximate surface area is 662 Å². The number of imidazole rings is 1. The first-order chi connectivity index (χ1) is 51.2. The van der Waals surface area contributed by atoms with E-state index in [1.54, 1.807) is 55.8 Å². The van der Waals surface area contributed by atoms with E-state index >= 15 is 0 Å². The number of anilines is 2. The first kappa shape index (κ1) is 128. The lowest BCUT2D eigenvalue weighted by atomic mass is 10.1. The number of piperazine rings is 1. The van der Waals surface area contributed by atoms with Gasteiger partial charge in [0.25, 0.3) is 0 Å². The number of pyridine rings is 5. The summed E-state index contributed by atoms with van der Waals surface area (Å²) in [5.74, 6) is 1.06. The van der Waals surface area contributed by atoms with Crippen molar-refractivity contribution in [2.24, 2.45) is 7.05 Å². The lowest BCUT2D eigenvalue weighted by Crippen LogP contribution is -2.42. The van der Waals surface area contributed by atoms with Crippen molar-refractivity contribution in [3.63, 3.8) is 0 Å². The molecule has 0 amide bonds. The van der Waals surface area contributed by atoms with Gasteiger partial charge in [0, 0.05) is 148 Å². The molecule has 0 bridgehead atoms. The third-order valence-electron chi connectivity index (χ3n) is 11.4. The number of nitrogens with zero attached hydrogens (tertiary/aromatic N) is 14. The molecule has 6 aromatic heterocycles. The highest BCUT2D eigenvalue weighted by Gasteiger charge is 2.08. The summed E-state index contributed by atoms with van der Waals surface area (Å²) < 4.78 is 7.07. The molecule has 0 aliphatic carbocycles. The molecule has 2 aromatic carbocycles. The van der Waals surface area contributed by atoms with Crippen LogP contribution in [0, 0.1) is 6.92 Å². The van der Waals surface area contributed by atoms with Gasteiger partial charge in [0.15, 0.2) is 0 Å². The minimum Gasteiger partial charge on any atom is -0.379 e. The van der Waals surface area contributed by atoms with E-state index in [-0.39, 0.29) is 7.43 Å². The second kappa shape index (κ2) is 122. The van der Waals surface area contributed by atoms with Gasteiger partial charge >= 0.3 is 0 Å². The molecule has 3 aliphatic rings. The number of aryl methyl sites for hydroxylation is 2. The number of piperidine rings is 1. The highest BCUT2D eigenvalue weighted by Crippen LogP contribution is 2.11. The summed E-state index contributed by atoms with van der Waals surface area (Å²) in [6, 6.07) is 49.3. The minimum absolute atomic E-state index is 0. The lowest BCUT2D eigenvalue weighted by molar-refractivity contribution is 0.0503. The highest BCUT2D eigenvalue weighted by molar-refractivity contribution is 5.52. The van der Waals surface area contributed by atoms with Crippen molar-refractivity contribution in [3.05, 3.63) is 219 Å². The largest absolute Gasteiger partial charge is 0.379 e. The van der Waals surface area contributed by atoms with Gasteiger partial charge < -0.3 is 43.6 Å². The average molecular weight is 1480 g/mol. The summed E-state index contributed by atoms with van der Waals surface area (Å²) in [6.07, 6.45) is 22.0. The summed E-state index contributed by atoms with van der Waals surface area (Å²) in [6.45, 7) is 61.6. The predicted molar refractivity (Wildman–Crippen MR) is 487 cm³/mol. The summed E-state index contributed by atoms with van der Waals surface area (Å²) in [5.41, 5.74) is 4.33. The minimum atomic E-state index is 0. The molecule has 0 atom stereocenters. The van der Waals surface area contributed by atoms with Crippen LogP contribution >= 0.6 is 0 Å². The zero-order valence-electron chi connectivity index (χ0n) is 75.6. The van der Waals surface area contributed by atoms with Crippen LogP contribution in [0.25, 0.3) is 11.4 Å². The molecular formula is C91H176N14O. The normalized spacial score (nSPS) is 11.0. The lowest BCUT2D eigenvalue weighted by Gasteiger charge is -2.28. The second-order valence-electron chi connectivity index (χ2n) is 19.8. The van der Waals surface area contributed by atoms with Crippen LogP contribution in [0.2, 0.25) is 0 Å². The summed E-state index contributed by atoms with van der Waals surface area (Å²) in [7, 11) is 24.8. The van der Waals surface area contributed by atoms with E-state index in [9.17, 15) is 0 Å². The van der Waals surface area contributed by atoms with E-state index in [2.05, 4.69) is 112 Å². The molecule has 3 saturated heterocycles. The first-order valence-electron chi connectivity index (χ1n) is 39.9. The van der Waals surface area contributed by atoms with Crippen molar-refractivity contribution in [3.8, 4) is 11.4 Å². The van der Waals surface area contributed by atoms with E-state index in [1.165, 1.54) is 69.9 Å². The summed E-state index contributed by atoms with van der Waals surface area (Å²) >= 11 is 0. The Balaban J connectivity index is -0.0000000797. The van der Waals surface area contributed by atoms with Crippen LogP contribution in [-0.4, -0.2) is 202 Å². The fourth-order valence-electron chi connectivity index (χ4n) is 6.47. The Morgan fingerprint density at radius 2 is 0.519 bits per heavy atom. The molecule has 616 valence electrons. The maximum atomic E-state index is 5.10. The third kappa shape index (κ3) is 108. The van der Waals surface area contributed by atoms with Crippen molar-refractivity contribution in [1.82, 2.24) is 59.0 Å². The predicted octanol–water partition coefficient (Wildman–Crippen LogP) is 23.7. The third-order valence-corrected chi connectivity index (χ3v) is 11.4. The highest BCUT2D eigenvalue weighted by atomic mass is 16.5. The molecule has 106 heavy (non-hydrogen) atoms. The molecule has 8 aromatic rings. The number of hydrogen-bond donors (Lipinski definition) is 0. The van der Waals surface area contributed by atoms with Gasteiger partial charge in [0.2, 0.25) is 0 Å². The molecule has 3 aliphatic heterocycles. The molecular weight excluding hydrogens is 1310 g/mol. The number of likely N-dealkylation sites (tertiary alicyclic amines) is 1. The van der Waals surface area contributed by atoms with Crippen molar-refractivity contribution in [1.29, 1.82) is 0 Å². The Bertz CT molecular complexity index is 2180. The monoisotopic (exact) mass is 1480 g/mol. The quantitative estimate of drug-likeness (QED) is 0.167. The van der Waals surface area contributed by atoms with Gasteiger partial charge in [-0.25, -0.2) is 4.98 Å². The molecule has 0 N–H and O–H groups in total. The standard InChI is InChI=1S/C10H8N2.2C8H11N.C6H14N2.C6H13N.C5H8N2.C5H11NO.3C5H5N.C3H9N.12C2H6.CH4/c1-3-7-11-9(5-1)10-6-2-4-8-12-10;2*1-9(2)8-6-4-3-5-7-8;1-7-3-5-8(2)6-4-7;1-7-5-3-2-4-6-7;1-5-6-3-4-7(5)2;1-6-2-4-7-5-3-6;3*1-2-4-6-5-3-1;1-4(2)3;12*1-2;/h1-8H;2*3-7H,1-2H3;3-6H2,1-2H3;2-6H2,1H3;3-4H,1-2H3;2-5H2,1H3;3*1-5H;1-3H3;12*1-2H3;1H4. The Hall–Kier alpha value is -7.24. The zero-order valence-corrected chi connectivity index (χ0v) is 75.6. The van der Waals surface area contributed by atoms with Gasteiger partial charge in [-0.3, -0.25) is 24.9 Å². The smallest absolute Gasteiger partial charge is 0.105 e. The number of benzene rings is 2. The van der Waals surface area contributed by atoms with Gasteiger partial charge in [-0.1, -0.05) is 247 Å². The molecule has 0 unspecified atom stereocenters. The second-order valence-corrected chi connectivity index (χ2v) is 19.8. The van der Waals surface area contributed by atoms with Crippen LogP contribution in [0.4, 0.5) is 11.4 Å². The number of likely N-dealkylation sites (N-methyl/N-ethyl adjacent to an activating group) is 3. The number of ether oxygens (including phenoxy) is 1. The van der Waals surface area contributed by atoms with E-state index in [1.807, 2.05) is 373 Å². The van der Waals surface area contributed by atoms with E-state index in [4.69, 9.17) is 4.74 Å².